The molecular formula is C19H21BN3. The first-order valence-electron chi connectivity index (χ1n) is 7.78. The van der Waals surface area contributed by atoms with Crippen LogP contribution >= 0.6 is 0 Å². The first kappa shape index (κ1) is 15.4. The van der Waals surface area contributed by atoms with Gasteiger partial charge in [0.2, 0.25) is 0 Å². The smallest absolute Gasteiger partial charge is 0.292 e. The van der Waals surface area contributed by atoms with Gasteiger partial charge in [0.05, 0.1) is 0 Å². The maximum atomic E-state index is 4.59. The molecule has 115 valence electrons. The zero-order valence-electron chi connectivity index (χ0n) is 14.1. The number of nitrogens with zero attached hydrogens (tertiary/aromatic N) is 3. The second-order valence-electron chi connectivity index (χ2n) is 6.00. The van der Waals surface area contributed by atoms with E-state index in [0.717, 1.165) is 17.1 Å². The second kappa shape index (κ2) is 6.33. The summed E-state index contributed by atoms with van der Waals surface area (Å²) in [6.07, 6.45) is 3.86. The Morgan fingerprint density at radius 3 is 2.35 bits per heavy atom. The van der Waals surface area contributed by atoms with Gasteiger partial charge in [0.1, 0.15) is 5.82 Å². The van der Waals surface area contributed by atoms with Crippen LogP contribution in [0.2, 0.25) is 0 Å². The van der Waals surface area contributed by atoms with Crippen molar-refractivity contribution in [1.82, 2.24) is 9.46 Å². The maximum Gasteiger partial charge on any atom is 0.292 e. The lowest BCUT2D eigenvalue weighted by Crippen LogP contribution is -2.27. The molecule has 0 amide bonds. The standard InChI is InChI=1S/C19H21BN3/c1-14-8-7-9-15(2)18(14)20-23-13-12-21-19(23)16-10-5-6-11-17(16)22(3)4/h5-13H,1-4H3. The van der Waals surface area contributed by atoms with Crippen molar-refractivity contribution in [1.29, 1.82) is 0 Å². The molecule has 1 radical (unpaired) electrons. The molecule has 0 atom stereocenters. The van der Waals surface area contributed by atoms with Crippen molar-refractivity contribution >= 4 is 18.6 Å². The Kier molecular flexibility index (Phi) is 4.24. The SMILES string of the molecule is Cc1cccc(C)c1[B]n1ccnc1-c1ccccc1N(C)C. The summed E-state index contributed by atoms with van der Waals surface area (Å²) in [6, 6.07) is 14.7. The van der Waals surface area contributed by atoms with Crippen molar-refractivity contribution in [3.05, 3.63) is 66.0 Å². The molecule has 23 heavy (non-hydrogen) atoms. The summed E-state index contributed by atoms with van der Waals surface area (Å²) >= 11 is 0. The molecule has 0 fully saturated rings. The lowest BCUT2D eigenvalue weighted by atomic mass is 9.76. The highest BCUT2D eigenvalue weighted by atomic mass is 15.1. The molecule has 3 aromatic rings. The third kappa shape index (κ3) is 3.02. The monoisotopic (exact) mass is 302 g/mol. The fourth-order valence-corrected chi connectivity index (χ4v) is 2.85. The summed E-state index contributed by atoms with van der Waals surface area (Å²) in [6.45, 7) is 4.28. The molecule has 0 bridgehead atoms. The number of para-hydroxylation sites is 1. The van der Waals surface area contributed by atoms with E-state index >= 15 is 0 Å². The number of rotatable bonds is 4. The Bertz CT molecular complexity index is 801. The van der Waals surface area contributed by atoms with E-state index in [1.54, 1.807) is 0 Å². The van der Waals surface area contributed by atoms with Gasteiger partial charge in [-0.25, -0.2) is 4.98 Å². The number of imidazole rings is 1. The van der Waals surface area contributed by atoms with Crippen molar-refractivity contribution in [2.24, 2.45) is 0 Å². The van der Waals surface area contributed by atoms with Crippen LogP contribution in [0.15, 0.2) is 54.9 Å². The Morgan fingerprint density at radius 1 is 0.957 bits per heavy atom. The number of aryl methyl sites for hydroxylation is 2. The highest BCUT2D eigenvalue weighted by Crippen LogP contribution is 2.27. The van der Waals surface area contributed by atoms with Crippen molar-refractivity contribution in [3.63, 3.8) is 0 Å². The molecular weight excluding hydrogens is 281 g/mol. The fourth-order valence-electron chi connectivity index (χ4n) is 2.85. The quantitative estimate of drug-likeness (QED) is 0.691. The van der Waals surface area contributed by atoms with Gasteiger partial charge >= 0.3 is 0 Å². The van der Waals surface area contributed by atoms with E-state index in [0.29, 0.717) is 0 Å². The minimum absolute atomic E-state index is 0.956. The molecule has 0 saturated heterocycles. The van der Waals surface area contributed by atoms with E-state index < -0.39 is 0 Å². The molecule has 0 aliphatic rings. The Hall–Kier alpha value is -2.49. The van der Waals surface area contributed by atoms with Crippen molar-refractivity contribution in [3.8, 4) is 11.4 Å². The third-order valence-corrected chi connectivity index (χ3v) is 4.11. The highest BCUT2D eigenvalue weighted by molar-refractivity contribution is 6.53. The van der Waals surface area contributed by atoms with Crippen LogP contribution in [0.4, 0.5) is 5.69 Å². The summed E-state index contributed by atoms with van der Waals surface area (Å²) < 4.78 is 2.11. The number of aromatic nitrogens is 2. The van der Waals surface area contributed by atoms with Crippen LogP contribution in [-0.4, -0.2) is 31.0 Å². The van der Waals surface area contributed by atoms with Crippen molar-refractivity contribution < 1.29 is 0 Å². The third-order valence-electron chi connectivity index (χ3n) is 4.11. The average molecular weight is 302 g/mol. The fraction of sp³-hybridized carbons (Fsp3) is 0.211. The van der Waals surface area contributed by atoms with E-state index in [2.05, 4.69) is 92.2 Å². The number of benzene rings is 2. The van der Waals surface area contributed by atoms with Crippen LogP contribution in [0.25, 0.3) is 11.4 Å². The van der Waals surface area contributed by atoms with E-state index in [-0.39, 0.29) is 0 Å². The van der Waals surface area contributed by atoms with E-state index in [9.17, 15) is 0 Å². The molecule has 0 spiro atoms. The minimum atomic E-state index is 0.956. The predicted octanol–water partition coefficient (Wildman–Crippen LogP) is 3.03. The van der Waals surface area contributed by atoms with Gasteiger partial charge in [0.25, 0.3) is 7.41 Å². The summed E-state index contributed by atoms with van der Waals surface area (Å²) in [4.78, 5) is 6.71. The second-order valence-corrected chi connectivity index (χ2v) is 6.00. The van der Waals surface area contributed by atoms with Gasteiger partial charge in [-0.3, -0.25) is 0 Å². The van der Waals surface area contributed by atoms with Crippen LogP contribution in [0.5, 0.6) is 0 Å². The normalized spacial score (nSPS) is 10.6. The van der Waals surface area contributed by atoms with Crippen molar-refractivity contribution in [2.45, 2.75) is 13.8 Å². The lowest BCUT2D eigenvalue weighted by Gasteiger charge is -2.18. The number of anilines is 1. The first-order valence-corrected chi connectivity index (χ1v) is 7.78. The summed E-state index contributed by atoms with van der Waals surface area (Å²) in [7, 11) is 6.28. The first-order chi connectivity index (χ1) is 11.1. The van der Waals surface area contributed by atoms with E-state index in [1.807, 2.05) is 12.4 Å². The molecule has 0 unspecified atom stereocenters. The van der Waals surface area contributed by atoms with Gasteiger partial charge in [0.15, 0.2) is 0 Å². The Labute approximate surface area is 138 Å². The van der Waals surface area contributed by atoms with Crippen LogP contribution in [0, 0.1) is 13.8 Å². The predicted molar refractivity (Wildman–Crippen MR) is 98.7 cm³/mol. The lowest BCUT2D eigenvalue weighted by molar-refractivity contribution is 1.12. The largest absolute Gasteiger partial charge is 0.377 e. The topological polar surface area (TPSA) is 21.1 Å². The molecule has 0 N–H and O–H groups in total. The maximum absolute atomic E-state index is 4.59. The van der Waals surface area contributed by atoms with Crippen LogP contribution in [0.1, 0.15) is 11.1 Å². The molecule has 0 saturated carbocycles. The van der Waals surface area contributed by atoms with Gasteiger partial charge in [-0.05, 0) is 26.0 Å². The highest BCUT2D eigenvalue weighted by Gasteiger charge is 2.14. The number of hydrogen-bond donors (Lipinski definition) is 0. The van der Waals surface area contributed by atoms with Crippen LogP contribution < -0.4 is 10.4 Å². The summed E-state index contributed by atoms with van der Waals surface area (Å²) in [5.74, 6) is 0.956. The molecule has 1 heterocycles. The molecule has 1 aromatic heterocycles. The molecule has 4 heteroatoms. The molecule has 3 rings (SSSR count). The van der Waals surface area contributed by atoms with E-state index in [1.165, 1.54) is 16.6 Å². The van der Waals surface area contributed by atoms with Crippen molar-refractivity contribution in [2.75, 3.05) is 19.0 Å². The number of hydrogen-bond acceptors (Lipinski definition) is 2. The summed E-state index contributed by atoms with van der Waals surface area (Å²) in [5, 5.41) is 0. The molecule has 0 aliphatic heterocycles. The van der Waals surface area contributed by atoms with Gasteiger partial charge < -0.3 is 9.38 Å². The molecule has 3 nitrogen and oxygen atoms in total. The Morgan fingerprint density at radius 2 is 1.65 bits per heavy atom. The Balaban J connectivity index is 2.05. The van der Waals surface area contributed by atoms with E-state index in [4.69, 9.17) is 0 Å². The zero-order chi connectivity index (χ0) is 16.4. The van der Waals surface area contributed by atoms with Gasteiger partial charge in [-0.15, -0.1) is 0 Å². The molecule has 2 aromatic carbocycles. The van der Waals surface area contributed by atoms with Gasteiger partial charge in [-0.2, -0.15) is 0 Å². The van der Waals surface area contributed by atoms with Crippen LogP contribution in [-0.2, 0) is 0 Å². The van der Waals surface area contributed by atoms with Gasteiger partial charge in [-0.1, -0.05) is 46.9 Å². The minimum Gasteiger partial charge on any atom is -0.377 e. The molecule has 0 aliphatic carbocycles. The van der Waals surface area contributed by atoms with Gasteiger partial charge in [0, 0.05) is 37.7 Å². The summed E-state index contributed by atoms with van der Waals surface area (Å²) in [5.41, 5.74) is 6.07. The average Bonchev–Trinajstić information content (AvgIpc) is 2.99. The van der Waals surface area contributed by atoms with Crippen LogP contribution in [0.3, 0.4) is 0 Å². The zero-order valence-corrected chi connectivity index (χ0v) is 14.1.